The lowest BCUT2D eigenvalue weighted by Crippen LogP contribution is -2.39. The van der Waals surface area contributed by atoms with Gasteiger partial charge in [0.25, 0.3) is 0 Å². The van der Waals surface area contributed by atoms with E-state index in [1.165, 1.54) is 0 Å². The van der Waals surface area contributed by atoms with Crippen LogP contribution in [0.2, 0.25) is 19.6 Å². The van der Waals surface area contributed by atoms with E-state index in [1.54, 1.807) is 11.1 Å². The number of carbonyl (C=O) groups is 1. The molecule has 1 aromatic carbocycles. The molecule has 0 saturated heterocycles. The molecule has 0 aliphatic heterocycles. The van der Waals surface area contributed by atoms with Crippen molar-refractivity contribution < 1.29 is 9.53 Å². The second-order valence-corrected chi connectivity index (χ2v) is 14.6. The topological polar surface area (TPSA) is 58.2 Å². The first-order valence-electron chi connectivity index (χ1n) is 11.1. The van der Waals surface area contributed by atoms with E-state index < -0.39 is 13.7 Å². The number of benzene rings is 1. The molecule has 2 aromatic rings. The Labute approximate surface area is 194 Å². The second kappa shape index (κ2) is 10.6. The highest BCUT2D eigenvalue weighted by molar-refractivity contribution is 6.83. The van der Waals surface area contributed by atoms with Crippen LogP contribution in [-0.4, -0.2) is 41.2 Å². The third-order valence-corrected chi connectivity index (χ3v) is 5.33. The molecule has 5 nitrogen and oxygen atoms in total. The van der Waals surface area contributed by atoms with Gasteiger partial charge in [0.05, 0.1) is 17.9 Å². The Morgan fingerprint density at radius 2 is 1.84 bits per heavy atom. The molecule has 0 saturated carbocycles. The number of ether oxygens (including phenoxy) is 1. The molecular weight excluding hydrogens is 414 g/mol. The summed E-state index contributed by atoms with van der Waals surface area (Å²) in [6.45, 7) is 16.8. The van der Waals surface area contributed by atoms with Gasteiger partial charge < -0.3 is 9.72 Å². The zero-order valence-electron chi connectivity index (χ0n) is 20.6. The Morgan fingerprint density at radius 3 is 2.41 bits per heavy atom. The predicted molar refractivity (Wildman–Crippen MR) is 134 cm³/mol. The Kier molecular flexibility index (Phi) is 8.36. The SMILES string of the molecule is CCCN(C(=O)OC(C)(C)C)[C@@H](C)c1ncc(-c2ccc(C#CC#C[Si](C)(C)C)cc2)[nH]1. The summed E-state index contributed by atoms with van der Waals surface area (Å²) >= 11 is 0. The number of rotatable bonds is 5. The van der Waals surface area contributed by atoms with Crippen molar-refractivity contribution in [2.24, 2.45) is 0 Å². The molecule has 170 valence electrons. The molecule has 1 atom stereocenters. The average molecular weight is 450 g/mol. The van der Waals surface area contributed by atoms with Crippen LogP contribution in [0, 0.1) is 23.3 Å². The molecule has 0 aliphatic carbocycles. The third-order valence-electron chi connectivity index (χ3n) is 4.45. The van der Waals surface area contributed by atoms with E-state index in [0.717, 1.165) is 29.1 Å². The lowest BCUT2D eigenvalue weighted by atomic mass is 10.1. The first-order valence-corrected chi connectivity index (χ1v) is 14.6. The van der Waals surface area contributed by atoms with Crippen molar-refractivity contribution in [3.63, 3.8) is 0 Å². The van der Waals surface area contributed by atoms with Crippen molar-refractivity contribution in [3.05, 3.63) is 41.9 Å². The smallest absolute Gasteiger partial charge is 0.410 e. The minimum absolute atomic E-state index is 0.228. The third kappa shape index (κ3) is 7.94. The van der Waals surface area contributed by atoms with Crippen molar-refractivity contribution in [1.29, 1.82) is 0 Å². The number of H-pyrrole nitrogens is 1. The zero-order valence-corrected chi connectivity index (χ0v) is 21.6. The molecular formula is C26H35N3O2Si. The van der Waals surface area contributed by atoms with Crippen LogP contribution in [0.5, 0.6) is 0 Å². The van der Waals surface area contributed by atoms with E-state index in [4.69, 9.17) is 4.74 Å². The molecule has 32 heavy (non-hydrogen) atoms. The van der Waals surface area contributed by atoms with Crippen molar-refractivity contribution in [3.8, 4) is 34.6 Å². The predicted octanol–water partition coefficient (Wildman–Crippen LogP) is 6.02. The highest BCUT2D eigenvalue weighted by Crippen LogP contribution is 2.24. The van der Waals surface area contributed by atoms with Crippen molar-refractivity contribution in [2.45, 2.75) is 72.3 Å². The summed E-state index contributed by atoms with van der Waals surface area (Å²) in [5.74, 6) is 9.73. The maximum atomic E-state index is 12.7. The first-order chi connectivity index (χ1) is 14.9. The van der Waals surface area contributed by atoms with Crippen molar-refractivity contribution in [1.82, 2.24) is 14.9 Å². The standard InChI is InChI=1S/C26H35N3O2Si/c1-9-17-29(25(30)31-26(3,4)5)20(2)24-27-19-23(28-24)22-15-13-21(14-16-22)12-10-11-18-32(6,7)8/h13-16,19-20H,9,17H2,1-8H3,(H,27,28)/t20-/m0/s1. The van der Waals surface area contributed by atoms with Crippen LogP contribution >= 0.6 is 0 Å². The number of nitrogens with zero attached hydrogens (tertiary/aromatic N) is 2. The van der Waals surface area contributed by atoms with E-state index in [2.05, 4.69) is 52.9 Å². The number of imidazole rings is 1. The summed E-state index contributed by atoms with van der Waals surface area (Å²) < 4.78 is 5.58. The van der Waals surface area contributed by atoms with Gasteiger partial charge in [-0.2, -0.15) is 0 Å². The second-order valence-electron chi connectivity index (χ2n) is 9.86. The first kappa shape index (κ1) is 25.3. The van der Waals surface area contributed by atoms with Crippen LogP contribution in [0.4, 0.5) is 4.79 Å². The molecule has 0 unspecified atom stereocenters. The average Bonchev–Trinajstić information content (AvgIpc) is 3.17. The molecule has 1 amide bonds. The summed E-state index contributed by atoms with van der Waals surface area (Å²) in [6, 6.07) is 7.75. The van der Waals surface area contributed by atoms with Crippen molar-refractivity contribution >= 4 is 14.2 Å². The summed E-state index contributed by atoms with van der Waals surface area (Å²) in [4.78, 5) is 22.3. The summed E-state index contributed by atoms with van der Waals surface area (Å²) in [6.07, 6.45) is 2.30. The molecule has 0 fully saturated rings. The number of nitrogens with one attached hydrogen (secondary N) is 1. The van der Waals surface area contributed by atoms with Crippen LogP contribution in [-0.2, 0) is 4.74 Å². The van der Waals surface area contributed by atoms with Gasteiger partial charge in [0.1, 0.15) is 19.5 Å². The molecule has 0 aliphatic rings. The summed E-state index contributed by atoms with van der Waals surface area (Å²) in [5.41, 5.74) is 5.53. The molecule has 0 spiro atoms. The molecule has 1 N–H and O–H groups in total. The van der Waals surface area contributed by atoms with E-state index >= 15 is 0 Å². The van der Waals surface area contributed by atoms with E-state index in [-0.39, 0.29) is 12.1 Å². The monoisotopic (exact) mass is 449 g/mol. The number of hydrogen-bond donors (Lipinski definition) is 1. The number of amides is 1. The van der Waals surface area contributed by atoms with Gasteiger partial charge in [-0.25, -0.2) is 9.78 Å². The maximum Gasteiger partial charge on any atom is 0.410 e. The molecule has 1 aromatic heterocycles. The van der Waals surface area contributed by atoms with E-state index in [1.807, 2.05) is 58.9 Å². The van der Waals surface area contributed by atoms with Gasteiger partial charge in [-0.15, -0.1) is 5.54 Å². The maximum absolute atomic E-state index is 12.7. The van der Waals surface area contributed by atoms with Crippen LogP contribution in [0.3, 0.4) is 0 Å². The highest BCUT2D eigenvalue weighted by Gasteiger charge is 2.27. The van der Waals surface area contributed by atoms with Gasteiger partial charge in [0.15, 0.2) is 0 Å². The minimum atomic E-state index is -1.40. The zero-order chi connectivity index (χ0) is 23.9. The lowest BCUT2D eigenvalue weighted by Gasteiger charge is -2.30. The normalized spacial score (nSPS) is 12.1. The summed E-state index contributed by atoms with van der Waals surface area (Å²) in [7, 11) is -1.40. The van der Waals surface area contributed by atoms with Gasteiger partial charge in [0.2, 0.25) is 0 Å². The fourth-order valence-corrected chi connectivity index (χ4v) is 3.34. The highest BCUT2D eigenvalue weighted by atomic mass is 28.3. The molecule has 0 bridgehead atoms. The van der Waals surface area contributed by atoms with Crippen LogP contribution in [0.25, 0.3) is 11.3 Å². The summed E-state index contributed by atoms with van der Waals surface area (Å²) in [5, 5.41) is 0. The van der Waals surface area contributed by atoms with E-state index in [0.29, 0.717) is 6.54 Å². The van der Waals surface area contributed by atoms with Crippen molar-refractivity contribution in [2.75, 3.05) is 6.54 Å². The quantitative estimate of drug-likeness (QED) is 0.449. The number of aromatic nitrogens is 2. The van der Waals surface area contributed by atoms with Crippen LogP contribution < -0.4 is 0 Å². The number of hydrogen-bond acceptors (Lipinski definition) is 3. The fraction of sp³-hybridized carbons (Fsp3) is 0.462. The Hall–Kier alpha value is -2.96. The lowest BCUT2D eigenvalue weighted by molar-refractivity contribution is 0.0166. The van der Waals surface area contributed by atoms with Gasteiger partial charge in [-0.3, -0.25) is 4.90 Å². The number of aromatic amines is 1. The molecule has 1 heterocycles. The van der Waals surface area contributed by atoms with Crippen LogP contribution in [0.1, 0.15) is 58.5 Å². The Balaban J connectivity index is 2.16. The Morgan fingerprint density at radius 1 is 1.19 bits per heavy atom. The molecule has 2 rings (SSSR count). The number of carbonyl (C=O) groups excluding carboxylic acids is 1. The minimum Gasteiger partial charge on any atom is -0.444 e. The van der Waals surface area contributed by atoms with Gasteiger partial charge >= 0.3 is 6.09 Å². The fourth-order valence-electron chi connectivity index (χ4n) is 2.90. The van der Waals surface area contributed by atoms with Gasteiger partial charge in [-0.05, 0) is 63.7 Å². The Bertz CT molecular complexity index is 1040. The van der Waals surface area contributed by atoms with Crippen LogP contribution in [0.15, 0.2) is 30.5 Å². The van der Waals surface area contributed by atoms with Gasteiger partial charge in [-0.1, -0.05) is 44.6 Å². The largest absolute Gasteiger partial charge is 0.444 e. The molecule has 6 heteroatoms. The molecule has 0 radical (unpaired) electrons. The van der Waals surface area contributed by atoms with Gasteiger partial charge in [0, 0.05) is 12.1 Å². The van der Waals surface area contributed by atoms with E-state index in [9.17, 15) is 4.79 Å².